The van der Waals surface area contributed by atoms with Crippen molar-refractivity contribution in [1.29, 1.82) is 0 Å². The maximum atomic E-state index is 11.2. The Morgan fingerprint density at radius 3 is 2.88 bits per heavy atom. The third-order valence-electron chi connectivity index (χ3n) is 3.34. The van der Waals surface area contributed by atoms with Crippen LogP contribution in [0.3, 0.4) is 0 Å². The van der Waals surface area contributed by atoms with Gasteiger partial charge >= 0.3 is 0 Å². The van der Waals surface area contributed by atoms with Crippen molar-refractivity contribution in [1.82, 2.24) is 10.2 Å². The summed E-state index contributed by atoms with van der Waals surface area (Å²) in [5, 5.41) is 3.14. The highest BCUT2D eigenvalue weighted by atomic mass is 16.1. The summed E-state index contributed by atoms with van der Waals surface area (Å²) in [7, 11) is 0. The number of carbonyl (C=O) groups is 1. The number of amides is 1. The molecule has 0 aromatic rings. The van der Waals surface area contributed by atoms with Crippen molar-refractivity contribution >= 4 is 5.91 Å². The SMILES string of the molecule is CCNC(CN1CCCC(C)CC1)C(N)=O. The first kappa shape index (κ1) is 13.5. The first-order valence-corrected chi connectivity index (χ1v) is 6.38. The summed E-state index contributed by atoms with van der Waals surface area (Å²) in [5.74, 6) is 0.579. The zero-order valence-electron chi connectivity index (χ0n) is 10.5. The minimum Gasteiger partial charge on any atom is -0.368 e. The molecule has 0 aromatic heterocycles. The van der Waals surface area contributed by atoms with Crippen molar-refractivity contribution in [3.63, 3.8) is 0 Å². The number of hydrogen-bond acceptors (Lipinski definition) is 3. The van der Waals surface area contributed by atoms with Crippen LogP contribution in [0.2, 0.25) is 0 Å². The predicted molar refractivity (Wildman–Crippen MR) is 66.1 cm³/mol. The van der Waals surface area contributed by atoms with Crippen LogP contribution in [0.5, 0.6) is 0 Å². The largest absolute Gasteiger partial charge is 0.368 e. The van der Waals surface area contributed by atoms with E-state index in [0.29, 0.717) is 0 Å². The van der Waals surface area contributed by atoms with Crippen molar-refractivity contribution in [2.45, 2.75) is 39.2 Å². The summed E-state index contributed by atoms with van der Waals surface area (Å²) in [6.07, 6.45) is 3.77. The average molecular weight is 227 g/mol. The van der Waals surface area contributed by atoms with Crippen molar-refractivity contribution < 1.29 is 4.79 Å². The molecule has 0 bridgehead atoms. The monoisotopic (exact) mass is 227 g/mol. The molecule has 4 nitrogen and oxygen atoms in total. The van der Waals surface area contributed by atoms with E-state index in [2.05, 4.69) is 17.1 Å². The zero-order valence-corrected chi connectivity index (χ0v) is 10.5. The molecule has 16 heavy (non-hydrogen) atoms. The fourth-order valence-electron chi connectivity index (χ4n) is 2.26. The lowest BCUT2D eigenvalue weighted by atomic mass is 10.0. The van der Waals surface area contributed by atoms with Crippen LogP contribution in [0, 0.1) is 5.92 Å². The molecule has 0 radical (unpaired) electrons. The number of nitrogens with one attached hydrogen (secondary N) is 1. The van der Waals surface area contributed by atoms with E-state index in [4.69, 9.17) is 5.73 Å². The number of likely N-dealkylation sites (N-methyl/N-ethyl adjacent to an activating group) is 1. The van der Waals surface area contributed by atoms with Gasteiger partial charge in [0.05, 0.1) is 6.04 Å². The second-order valence-corrected chi connectivity index (χ2v) is 4.85. The van der Waals surface area contributed by atoms with E-state index in [1.54, 1.807) is 0 Å². The Bertz CT molecular complexity index is 220. The second-order valence-electron chi connectivity index (χ2n) is 4.85. The molecule has 1 heterocycles. The molecule has 94 valence electrons. The lowest BCUT2D eigenvalue weighted by Crippen LogP contribution is -2.49. The molecule has 4 heteroatoms. The van der Waals surface area contributed by atoms with Crippen molar-refractivity contribution in [2.75, 3.05) is 26.2 Å². The Kier molecular flexibility index (Phi) is 5.77. The molecule has 1 rings (SSSR count). The Hall–Kier alpha value is -0.610. The van der Waals surface area contributed by atoms with Crippen LogP contribution in [-0.4, -0.2) is 43.0 Å². The van der Waals surface area contributed by atoms with Gasteiger partial charge in [-0.1, -0.05) is 13.8 Å². The van der Waals surface area contributed by atoms with E-state index in [1.807, 2.05) is 6.92 Å². The smallest absolute Gasteiger partial charge is 0.235 e. The Morgan fingerprint density at radius 2 is 2.25 bits per heavy atom. The van der Waals surface area contributed by atoms with Gasteiger partial charge in [-0.3, -0.25) is 4.79 Å². The molecule has 0 aliphatic carbocycles. The standard InChI is InChI=1S/C12H25N3O/c1-3-14-11(12(13)16)9-15-7-4-5-10(2)6-8-15/h10-11,14H,3-9H2,1-2H3,(H2,13,16). The van der Waals surface area contributed by atoms with Crippen LogP contribution in [-0.2, 0) is 4.79 Å². The number of nitrogens with zero attached hydrogens (tertiary/aromatic N) is 1. The number of hydrogen-bond donors (Lipinski definition) is 2. The van der Waals surface area contributed by atoms with Crippen molar-refractivity contribution in [3.8, 4) is 0 Å². The maximum absolute atomic E-state index is 11.2. The number of primary amides is 1. The van der Waals surface area contributed by atoms with Crippen LogP contribution in [0.25, 0.3) is 0 Å². The molecule has 0 spiro atoms. The molecule has 1 aliphatic rings. The molecule has 1 amide bonds. The van der Waals surface area contributed by atoms with E-state index in [1.165, 1.54) is 19.3 Å². The zero-order chi connectivity index (χ0) is 12.0. The Balaban J connectivity index is 2.40. The highest BCUT2D eigenvalue weighted by molar-refractivity contribution is 5.80. The molecule has 3 N–H and O–H groups in total. The fourth-order valence-corrected chi connectivity index (χ4v) is 2.26. The maximum Gasteiger partial charge on any atom is 0.235 e. The van der Waals surface area contributed by atoms with E-state index >= 15 is 0 Å². The molecule has 2 unspecified atom stereocenters. The van der Waals surface area contributed by atoms with Gasteiger partial charge in [-0.2, -0.15) is 0 Å². The number of nitrogens with two attached hydrogens (primary N) is 1. The van der Waals surface area contributed by atoms with Gasteiger partial charge in [0, 0.05) is 6.54 Å². The van der Waals surface area contributed by atoms with Crippen LogP contribution >= 0.6 is 0 Å². The third-order valence-corrected chi connectivity index (χ3v) is 3.34. The van der Waals surface area contributed by atoms with Crippen LogP contribution < -0.4 is 11.1 Å². The van der Waals surface area contributed by atoms with Gasteiger partial charge in [0.2, 0.25) is 5.91 Å². The summed E-state index contributed by atoms with van der Waals surface area (Å²) in [5.41, 5.74) is 5.38. The van der Waals surface area contributed by atoms with Gasteiger partial charge in [-0.05, 0) is 44.8 Å². The quantitative estimate of drug-likeness (QED) is 0.722. The summed E-state index contributed by atoms with van der Waals surface area (Å²) >= 11 is 0. The number of likely N-dealkylation sites (tertiary alicyclic amines) is 1. The van der Waals surface area contributed by atoms with Crippen molar-refractivity contribution in [2.24, 2.45) is 11.7 Å². The highest BCUT2D eigenvalue weighted by Gasteiger charge is 2.20. The van der Waals surface area contributed by atoms with Crippen molar-refractivity contribution in [3.05, 3.63) is 0 Å². The molecule has 1 aliphatic heterocycles. The minimum absolute atomic E-state index is 0.196. The lowest BCUT2D eigenvalue weighted by Gasteiger charge is -2.24. The van der Waals surface area contributed by atoms with E-state index in [0.717, 1.165) is 32.1 Å². The van der Waals surface area contributed by atoms with Gasteiger partial charge in [-0.25, -0.2) is 0 Å². The van der Waals surface area contributed by atoms with Crippen LogP contribution in [0.4, 0.5) is 0 Å². The first-order valence-electron chi connectivity index (χ1n) is 6.38. The van der Waals surface area contributed by atoms with Gasteiger partial charge in [0.1, 0.15) is 0 Å². The van der Waals surface area contributed by atoms with E-state index < -0.39 is 0 Å². The molecule has 0 saturated carbocycles. The molecule has 1 saturated heterocycles. The summed E-state index contributed by atoms with van der Waals surface area (Å²) in [6.45, 7) is 8.05. The fraction of sp³-hybridized carbons (Fsp3) is 0.917. The van der Waals surface area contributed by atoms with Crippen LogP contribution in [0.1, 0.15) is 33.1 Å². The van der Waals surface area contributed by atoms with Gasteiger partial charge < -0.3 is 16.0 Å². The normalized spacial score (nSPS) is 25.0. The highest BCUT2D eigenvalue weighted by Crippen LogP contribution is 2.16. The summed E-state index contributed by atoms with van der Waals surface area (Å²) < 4.78 is 0. The average Bonchev–Trinajstić information content (AvgIpc) is 2.43. The molecule has 1 fully saturated rings. The van der Waals surface area contributed by atoms with E-state index in [-0.39, 0.29) is 11.9 Å². The third kappa shape index (κ3) is 4.49. The molecule has 2 atom stereocenters. The first-order chi connectivity index (χ1) is 7.63. The summed E-state index contributed by atoms with van der Waals surface area (Å²) in [4.78, 5) is 13.6. The van der Waals surface area contributed by atoms with Gasteiger partial charge in [0.15, 0.2) is 0 Å². The second kappa shape index (κ2) is 6.86. The number of carbonyl (C=O) groups excluding carboxylic acids is 1. The molecular formula is C12H25N3O. The minimum atomic E-state index is -0.237. The Morgan fingerprint density at radius 1 is 1.50 bits per heavy atom. The predicted octanol–water partition coefficient (Wildman–Crippen LogP) is 0.572. The van der Waals surface area contributed by atoms with E-state index in [9.17, 15) is 4.79 Å². The van der Waals surface area contributed by atoms with Crippen LogP contribution in [0.15, 0.2) is 0 Å². The topological polar surface area (TPSA) is 58.4 Å². The summed E-state index contributed by atoms with van der Waals surface area (Å²) in [6, 6.07) is -0.196. The Labute approximate surface area is 98.6 Å². The molecule has 0 aromatic carbocycles. The lowest BCUT2D eigenvalue weighted by molar-refractivity contribution is -0.120. The number of rotatable bonds is 5. The van der Waals surface area contributed by atoms with Gasteiger partial charge in [0.25, 0.3) is 0 Å². The molecular weight excluding hydrogens is 202 g/mol. The van der Waals surface area contributed by atoms with Gasteiger partial charge in [-0.15, -0.1) is 0 Å².